The Kier molecular flexibility index (Phi) is 4.03. The van der Waals surface area contributed by atoms with Gasteiger partial charge in [-0.15, -0.1) is 0 Å². The highest BCUT2D eigenvalue weighted by atomic mass is 32.2. The number of hydrogen-bond acceptors (Lipinski definition) is 7. The Morgan fingerprint density at radius 1 is 1.13 bits per heavy atom. The van der Waals surface area contributed by atoms with Crippen LogP contribution >= 0.6 is 10.5 Å². The van der Waals surface area contributed by atoms with Crippen LogP contribution in [0.5, 0.6) is 11.8 Å². The van der Waals surface area contributed by atoms with Crippen molar-refractivity contribution in [2.24, 2.45) is 0 Å². The molecule has 0 saturated heterocycles. The predicted octanol–water partition coefficient (Wildman–Crippen LogP) is 4.48. The van der Waals surface area contributed by atoms with E-state index in [1.165, 1.54) is 16.5 Å². The van der Waals surface area contributed by atoms with Crippen LogP contribution in [0.1, 0.15) is 5.56 Å². The summed E-state index contributed by atoms with van der Waals surface area (Å²) in [6, 6.07) is 4.68. The van der Waals surface area contributed by atoms with Gasteiger partial charge in [-0.25, -0.2) is 29.6 Å². The number of ether oxygens (including phenoxy) is 1. The Morgan fingerprint density at radius 3 is 2.67 bits per heavy atom. The van der Waals surface area contributed by atoms with Crippen LogP contribution in [0.3, 0.4) is 0 Å². The standard InChI is InChI=1S/C19H12N6O4S/c1-10-3-7-20-15(14(10)29-17-22-5-2-6-23-17)25-12-4-8-21-16-13(12)11(24-18(25)26)9-30(16)19(27)28/h2-9H,1H3,(H-,24,26,27,28)/p+1. The summed E-state index contributed by atoms with van der Waals surface area (Å²) < 4.78 is 5.86. The molecule has 1 unspecified atom stereocenters. The van der Waals surface area contributed by atoms with Crippen molar-refractivity contribution in [3.8, 4) is 11.8 Å². The lowest BCUT2D eigenvalue weighted by atomic mass is 10.2. The van der Waals surface area contributed by atoms with Gasteiger partial charge in [0.1, 0.15) is 21.5 Å². The van der Waals surface area contributed by atoms with E-state index in [1.807, 2.05) is 6.92 Å². The molecule has 0 bridgehead atoms. The van der Waals surface area contributed by atoms with Crippen molar-refractivity contribution in [2.75, 3.05) is 10.2 Å². The van der Waals surface area contributed by atoms with E-state index < -0.39 is 21.8 Å². The Morgan fingerprint density at radius 2 is 1.90 bits per heavy atom. The lowest BCUT2D eigenvalue weighted by Crippen LogP contribution is -2.34. The zero-order valence-electron chi connectivity index (χ0n) is 15.4. The molecule has 4 aromatic rings. The third-order valence-electron chi connectivity index (χ3n) is 4.51. The van der Waals surface area contributed by atoms with Crippen LogP contribution in [0.25, 0.3) is 10.2 Å². The van der Waals surface area contributed by atoms with Crippen molar-refractivity contribution < 1.29 is 19.4 Å². The third kappa shape index (κ3) is 2.71. The number of aryl methyl sites for hydroxylation is 1. The first kappa shape index (κ1) is 17.9. The van der Waals surface area contributed by atoms with Gasteiger partial charge in [0.15, 0.2) is 16.9 Å². The number of amides is 2. The van der Waals surface area contributed by atoms with Gasteiger partial charge in [-0.2, -0.15) is 4.79 Å². The van der Waals surface area contributed by atoms with Crippen LogP contribution in [0.4, 0.5) is 26.8 Å². The zero-order valence-corrected chi connectivity index (χ0v) is 16.3. The summed E-state index contributed by atoms with van der Waals surface area (Å²) in [5.74, 6) is 0.543. The van der Waals surface area contributed by atoms with Gasteiger partial charge in [0, 0.05) is 24.8 Å². The number of thiophene rings is 1. The maximum atomic E-state index is 13.0. The summed E-state index contributed by atoms with van der Waals surface area (Å²) in [6.45, 7) is 1.81. The number of carbonyl (C=O) groups excluding carboxylic acids is 1. The molecule has 1 aliphatic rings. The normalized spacial score (nSPS) is 13.3. The minimum atomic E-state index is -1.25. The Hall–Kier alpha value is -4.12. The lowest BCUT2D eigenvalue weighted by molar-refractivity contribution is 0.221. The smallest absolute Gasteiger partial charge is 0.437 e. The number of carbonyl (C=O) groups is 2. The average molecular weight is 421 g/mol. The lowest BCUT2D eigenvalue weighted by Gasteiger charge is -2.27. The molecule has 148 valence electrons. The van der Waals surface area contributed by atoms with E-state index in [-0.39, 0.29) is 11.8 Å². The fourth-order valence-corrected chi connectivity index (χ4v) is 4.63. The second-order valence-electron chi connectivity index (χ2n) is 6.32. The zero-order chi connectivity index (χ0) is 20.8. The number of hydrogen-bond donors (Lipinski definition) is 2. The van der Waals surface area contributed by atoms with Crippen LogP contribution in [-0.2, 0) is 0 Å². The highest BCUT2D eigenvalue weighted by Crippen LogP contribution is 2.48. The second kappa shape index (κ2) is 6.74. The molecule has 30 heavy (non-hydrogen) atoms. The molecular formula is C19H13N6O4S+. The first-order valence-electron chi connectivity index (χ1n) is 8.73. The minimum absolute atomic E-state index is 0.111. The van der Waals surface area contributed by atoms with Crippen LogP contribution < -0.4 is 15.0 Å². The Balaban J connectivity index is 1.71. The topological polar surface area (TPSA) is 130 Å². The van der Waals surface area contributed by atoms with Crippen molar-refractivity contribution in [3.63, 3.8) is 0 Å². The molecule has 0 aliphatic carbocycles. The first-order valence-corrected chi connectivity index (χ1v) is 10.0. The van der Waals surface area contributed by atoms with E-state index in [1.54, 1.807) is 36.8 Å². The van der Waals surface area contributed by atoms with E-state index >= 15 is 0 Å². The fraction of sp³-hybridized carbons (Fsp3) is 0.0526. The first-order chi connectivity index (χ1) is 14.5. The Bertz CT molecular complexity index is 1320. The van der Waals surface area contributed by atoms with Gasteiger partial charge in [-0.1, -0.05) is 0 Å². The van der Waals surface area contributed by atoms with E-state index in [4.69, 9.17) is 4.74 Å². The number of nitrogens with one attached hydrogen (secondary N) is 1. The molecule has 2 N–H and O–H groups in total. The maximum Gasteiger partial charge on any atom is 0.554 e. The molecule has 11 heteroatoms. The molecule has 4 aromatic heterocycles. The molecule has 0 fully saturated rings. The summed E-state index contributed by atoms with van der Waals surface area (Å²) in [5.41, 5.74) is 1.63. The van der Waals surface area contributed by atoms with E-state index in [0.29, 0.717) is 27.3 Å². The second-order valence-corrected chi connectivity index (χ2v) is 7.97. The summed E-state index contributed by atoms with van der Waals surface area (Å²) >= 11 is 0. The van der Waals surface area contributed by atoms with E-state index in [9.17, 15) is 14.7 Å². The van der Waals surface area contributed by atoms with Crippen molar-refractivity contribution in [3.05, 3.63) is 53.9 Å². The van der Waals surface area contributed by atoms with Gasteiger partial charge in [-0.3, -0.25) is 0 Å². The van der Waals surface area contributed by atoms with Gasteiger partial charge < -0.3 is 15.2 Å². The van der Waals surface area contributed by atoms with Crippen LogP contribution in [0.2, 0.25) is 0 Å². The highest BCUT2D eigenvalue weighted by molar-refractivity contribution is 7.54. The largest absolute Gasteiger partial charge is 0.554 e. The molecule has 0 radical (unpaired) electrons. The van der Waals surface area contributed by atoms with Crippen molar-refractivity contribution >= 4 is 49.2 Å². The monoisotopic (exact) mass is 421 g/mol. The molecule has 1 atom stereocenters. The molecule has 2 amide bonds. The number of pyridine rings is 2. The predicted molar refractivity (Wildman–Crippen MR) is 110 cm³/mol. The van der Waals surface area contributed by atoms with Gasteiger partial charge in [0.05, 0.1) is 5.69 Å². The van der Waals surface area contributed by atoms with Crippen LogP contribution in [0.15, 0.2) is 48.4 Å². The molecule has 0 saturated carbocycles. The number of nitrogens with zero attached hydrogens (tertiary/aromatic N) is 5. The van der Waals surface area contributed by atoms with Crippen molar-refractivity contribution in [1.82, 2.24) is 19.9 Å². The van der Waals surface area contributed by atoms with E-state index in [2.05, 4.69) is 25.3 Å². The van der Waals surface area contributed by atoms with Gasteiger partial charge >= 0.3 is 17.3 Å². The Labute approximate surface area is 171 Å². The van der Waals surface area contributed by atoms with E-state index in [0.717, 1.165) is 5.56 Å². The fourth-order valence-electron chi connectivity index (χ4n) is 3.23. The summed E-state index contributed by atoms with van der Waals surface area (Å²) in [6.07, 6.45) is 6.13. The number of carboxylic acid groups (broad SMARTS) is 1. The van der Waals surface area contributed by atoms with Crippen molar-refractivity contribution in [2.45, 2.75) is 6.92 Å². The number of aromatic nitrogens is 4. The van der Waals surface area contributed by atoms with Crippen molar-refractivity contribution in [1.29, 1.82) is 0 Å². The maximum absolute atomic E-state index is 13.0. The third-order valence-corrected chi connectivity index (χ3v) is 6.08. The van der Waals surface area contributed by atoms with Crippen LogP contribution in [0, 0.1) is 6.92 Å². The summed E-state index contributed by atoms with van der Waals surface area (Å²) in [4.78, 5) is 43.2. The number of anilines is 3. The van der Waals surface area contributed by atoms with Gasteiger partial charge in [0.25, 0.3) is 4.83 Å². The molecule has 10 nitrogen and oxygen atoms in total. The minimum Gasteiger partial charge on any atom is -0.437 e. The molecular weight excluding hydrogens is 408 g/mol. The molecule has 5 rings (SSSR count). The van der Waals surface area contributed by atoms with Gasteiger partial charge in [0.2, 0.25) is 0 Å². The summed E-state index contributed by atoms with van der Waals surface area (Å²) in [5, 5.41) is 13.3. The quantitative estimate of drug-likeness (QED) is 0.461. The summed E-state index contributed by atoms with van der Waals surface area (Å²) in [7, 11) is -1.25. The van der Waals surface area contributed by atoms with Gasteiger partial charge in [-0.05, 0) is 30.7 Å². The number of urea groups is 1. The molecule has 0 spiro atoms. The molecule has 0 aromatic carbocycles. The molecule has 5 heterocycles. The molecule has 1 aliphatic heterocycles. The average Bonchev–Trinajstić information content (AvgIpc) is 3.11. The van der Waals surface area contributed by atoms with Crippen LogP contribution in [-0.4, -0.2) is 36.4 Å². The highest BCUT2D eigenvalue weighted by Gasteiger charge is 2.38. The SMILES string of the molecule is Cc1ccnc(N2C(=O)Nc3c[s+](C(=O)O)c4nccc2c34)c1Oc1ncccn1. The number of rotatable bonds is 4.